The number of methoxy groups -OCH3 is 1. The van der Waals surface area contributed by atoms with Crippen LogP contribution in [0.1, 0.15) is 17.3 Å². The Bertz CT molecular complexity index is 1000. The molecule has 0 aromatic heterocycles. The van der Waals surface area contributed by atoms with Gasteiger partial charge in [0, 0.05) is 16.8 Å². The Morgan fingerprint density at radius 1 is 1.24 bits per heavy atom. The minimum absolute atomic E-state index is 0. The van der Waals surface area contributed by atoms with E-state index in [-0.39, 0.29) is 108 Å². The fourth-order valence-electron chi connectivity index (χ4n) is 2.17. The van der Waals surface area contributed by atoms with Crippen LogP contribution < -0.4 is 123 Å². The molecule has 144 valence electrons. The number of nitrogens with zero attached hydrogens (tertiary/aromatic N) is 2. The molecule has 0 aliphatic heterocycles. The van der Waals surface area contributed by atoms with Gasteiger partial charge in [0.2, 0.25) is 0 Å². The van der Waals surface area contributed by atoms with Crippen molar-refractivity contribution in [2.24, 2.45) is 5.10 Å². The molecule has 2 rings (SSSR count). The zero-order chi connectivity index (χ0) is 20.2. The van der Waals surface area contributed by atoms with Gasteiger partial charge in [0.25, 0.3) is 0 Å². The van der Waals surface area contributed by atoms with Gasteiger partial charge in [-0.15, -0.1) is 0 Å². The number of hydrogen-bond donors (Lipinski definition) is 1. The number of hydrazine groups is 1. The third-order valence-electron chi connectivity index (χ3n) is 3.32. The molecule has 0 spiro atoms. The standard InChI is InChI=1S/C16H16ClN3O6S.2K/c1-3-18-20(19-13-8-10(17)4-7-15(13)26-2)14-6-5-11(27(23,24)25)9-12(14)16(21)22;;/h3-9,19H,1-2H3,(H,21,22)(H,23,24,25);;/q;2*+1/p-2. The summed E-state index contributed by atoms with van der Waals surface area (Å²) < 4.78 is 38.7. The summed E-state index contributed by atoms with van der Waals surface area (Å²) >= 11 is 5.97. The zero-order valence-corrected chi connectivity index (χ0v) is 24.0. The molecule has 29 heavy (non-hydrogen) atoms. The van der Waals surface area contributed by atoms with Crippen LogP contribution in [0.25, 0.3) is 0 Å². The van der Waals surface area contributed by atoms with E-state index in [1.807, 2.05) is 0 Å². The van der Waals surface area contributed by atoms with Gasteiger partial charge in [-0.25, -0.2) is 8.42 Å². The van der Waals surface area contributed by atoms with E-state index in [0.29, 0.717) is 22.5 Å². The second-order valence-electron chi connectivity index (χ2n) is 5.06. The number of hydrazone groups is 1. The fraction of sp³-hybridized carbons (Fsp3) is 0.125. The number of aromatic carboxylic acids is 1. The maximum atomic E-state index is 11.5. The Kier molecular flexibility index (Phi) is 13.3. The van der Waals surface area contributed by atoms with E-state index < -0.39 is 26.5 Å². The number of carbonyl (C=O) groups is 1. The molecular weight excluding hydrogens is 476 g/mol. The first-order valence-corrected chi connectivity index (χ1v) is 9.16. The second kappa shape index (κ2) is 13.1. The molecular formula is C16H14ClK2N3O6S. The Hall–Kier alpha value is 0.453. The van der Waals surface area contributed by atoms with Gasteiger partial charge < -0.3 is 19.2 Å². The van der Waals surface area contributed by atoms with Gasteiger partial charge in [-0.2, -0.15) is 10.2 Å². The normalized spacial score (nSPS) is 10.6. The van der Waals surface area contributed by atoms with Crippen LogP contribution >= 0.6 is 11.6 Å². The van der Waals surface area contributed by atoms with E-state index in [1.165, 1.54) is 19.4 Å². The maximum Gasteiger partial charge on any atom is 1.00 e. The zero-order valence-electron chi connectivity index (χ0n) is 16.2. The van der Waals surface area contributed by atoms with Crippen LogP contribution in [0.15, 0.2) is 46.4 Å². The number of benzene rings is 2. The maximum absolute atomic E-state index is 11.5. The number of hydrogen-bond acceptors (Lipinski definition) is 9. The molecule has 0 fully saturated rings. The summed E-state index contributed by atoms with van der Waals surface area (Å²) in [6.07, 6.45) is 1.36. The topological polar surface area (TPSA) is 134 Å². The van der Waals surface area contributed by atoms with E-state index in [2.05, 4.69) is 10.5 Å². The largest absolute Gasteiger partial charge is 1.00 e. The number of halogens is 1. The Balaban J connectivity index is 0.00000392. The molecule has 0 radical (unpaired) electrons. The number of carbonyl (C=O) groups excluding carboxylic acids is 1. The Labute approximate surface area is 258 Å². The average molecular weight is 490 g/mol. The first-order chi connectivity index (χ1) is 12.7. The predicted molar refractivity (Wildman–Crippen MR) is 97.0 cm³/mol. The van der Waals surface area contributed by atoms with Gasteiger partial charge in [0.1, 0.15) is 15.9 Å². The van der Waals surface area contributed by atoms with Crippen LogP contribution in [-0.2, 0) is 10.1 Å². The van der Waals surface area contributed by atoms with Crippen molar-refractivity contribution in [3.63, 3.8) is 0 Å². The molecule has 0 saturated carbocycles. The monoisotopic (exact) mass is 489 g/mol. The average Bonchev–Trinajstić information content (AvgIpc) is 2.60. The van der Waals surface area contributed by atoms with Crippen LogP contribution in [0, 0.1) is 0 Å². The van der Waals surface area contributed by atoms with E-state index in [1.54, 1.807) is 19.1 Å². The minimum atomic E-state index is -4.84. The number of nitrogens with one attached hydrogen (secondary N) is 1. The van der Waals surface area contributed by atoms with Crippen molar-refractivity contribution in [3.8, 4) is 5.75 Å². The van der Waals surface area contributed by atoms with E-state index >= 15 is 0 Å². The SMILES string of the molecule is CC=NN(Nc1cc(Cl)ccc1OC)c1ccc(S(=O)(=O)[O-])cc1C(=O)[O-].[K+].[K+]. The minimum Gasteiger partial charge on any atom is -0.744 e. The molecule has 13 heteroatoms. The third kappa shape index (κ3) is 8.14. The van der Waals surface area contributed by atoms with Crippen molar-refractivity contribution >= 4 is 45.3 Å². The first-order valence-electron chi connectivity index (χ1n) is 7.37. The summed E-state index contributed by atoms with van der Waals surface area (Å²) in [7, 11) is -3.41. The van der Waals surface area contributed by atoms with E-state index in [0.717, 1.165) is 17.3 Å². The van der Waals surface area contributed by atoms with Gasteiger partial charge in [-0.3, -0.25) is 5.43 Å². The van der Waals surface area contributed by atoms with Crippen LogP contribution in [0.5, 0.6) is 5.75 Å². The molecule has 0 heterocycles. The van der Waals surface area contributed by atoms with Crippen LogP contribution in [0.2, 0.25) is 5.02 Å². The summed E-state index contributed by atoms with van der Waals surface area (Å²) in [5.74, 6) is -1.30. The summed E-state index contributed by atoms with van der Waals surface area (Å²) in [6.45, 7) is 1.58. The smallest absolute Gasteiger partial charge is 0.744 e. The second-order valence-corrected chi connectivity index (χ2v) is 6.88. The molecule has 0 aliphatic rings. The number of rotatable bonds is 7. The van der Waals surface area contributed by atoms with Crippen molar-refractivity contribution in [3.05, 3.63) is 47.0 Å². The van der Waals surface area contributed by atoms with Gasteiger partial charge in [-0.1, -0.05) is 11.6 Å². The van der Waals surface area contributed by atoms with Crippen LogP contribution in [0.3, 0.4) is 0 Å². The van der Waals surface area contributed by atoms with E-state index in [4.69, 9.17) is 16.3 Å². The predicted octanol–water partition coefficient (Wildman–Crippen LogP) is -4.54. The molecule has 9 nitrogen and oxygen atoms in total. The summed E-state index contributed by atoms with van der Waals surface area (Å²) in [5, 5.41) is 16.9. The van der Waals surface area contributed by atoms with Crippen molar-refractivity contribution < 1.29 is 130 Å². The van der Waals surface area contributed by atoms with Gasteiger partial charge >= 0.3 is 103 Å². The molecule has 0 amide bonds. The number of anilines is 2. The summed E-state index contributed by atoms with van der Waals surface area (Å²) in [6, 6.07) is 7.51. The van der Waals surface area contributed by atoms with Crippen molar-refractivity contribution in [2.75, 3.05) is 17.7 Å². The molecule has 0 saturated heterocycles. The Morgan fingerprint density at radius 3 is 2.41 bits per heavy atom. The number of carboxylic acid groups (broad SMARTS) is 1. The molecule has 1 N–H and O–H groups in total. The Morgan fingerprint density at radius 2 is 1.90 bits per heavy atom. The fourth-order valence-corrected chi connectivity index (χ4v) is 2.84. The van der Waals surface area contributed by atoms with Gasteiger partial charge in [-0.05, 0) is 43.3 Å². The third-order valence-corrected chi connectivity index (χ3v) is 4.39. The van der Waals surface area contributed by atoms with E-state index in [9.17, 15) is 22.9 Å². The molecule has 0 aliphatic carbocycles. The molecule has 0 unspecified atom stereocenters. The number of carboxylic acids is 1. The quantitative estimate of drug-likeness (QED) is 0.178. The number of ether oxygens (including phenoxy) is 1. The van der Waals surface area contributed by atoms with Crippen molar-refractivity contribution in [2.45, 2.75) is 11.8 Å². The molecule has 2 aromatic rings. The van der Waals surface area contributed by atoms with Crippen LogP contribution in [0.4, 0.5) is 11.4 Å². The van der Waals surface area contributed by atoms with Crippen molar-refractivity contribution in [1.29, 1.82) is 0 Å². The first kappa shape index (κ1) is 29.5. The van der Waals surface area contributed by atoms with Gasteiger partial charge in [0.05, 0.1) is 29.3 Å². The summed E-state index contributed by atoms with van der Waals surface area (Å²) in [5.41, 5.74) is 2.56. The molecule has 0 bridgehead atoms. The van der Waals surface area contributed by atoms with Crippen LogP contribution in [-0.4, -0.2) is 32.3 Å². The molecule has 0 atom stereocenters. The van der Waals surface area contributed by atoms with Gasteiger partial charge in [0.15, 0.2) is 0 Å². The summed E-state index contributed by atoms with van der Waals surface area (Å²) in [4.78, 5) is 10.8. The van der Waals surface area contributed by atoms with Crippen molar-refractivity contribution in [1.82, 2.24) is 0 Å². The molecule has 2 aromatic carbocycles.